The highest BCUT2D eigenvalue weighted by Gasteiger charge is 2.33. The molecule has 1 aliphatic rings. The molecule has 1 rings (SSSR count). The molecular formula is C35H72N2. The van der Waals surface area contributed by atoms with E-state index < -0.39 is 0 Å². The molecule has 1 fully saturated rings. The second kappa shape index (κ2) is 23.8. The van der Waals surface area contributed by atoms with Crippen LogP contribution in [0.1, 0.15) is 176 Å². The Morgan fingerprint density at radius 2 is 0.892 bits per heavy atom. The molecule has 0 aromatic rings. The molecule has 0 bridgehead atoms. The molecule has 0 spiro atoms. The van der Waals surface area contributed by atoms with Crippen molar-refractivity contribution < 1.29 is 0 Å². The minimum absolute atomic E-state index is 0.770. The van der Waals surface area contributed by atoms with E-state index in [1.54, 1.807) is 0 Å². The maximum absolute atomic E-state index is 3.01. The zero-order chi connectivity index (χ0) is 27.1. The van der Waals surface area contributed by atoms with Gasteiger partial charge >= 0.3 is 0 Å². The largest absolute Gasteiger partial charge is 0.300 e. The van der Waals surface area contributed by atoms with Crippen LogP contribution in [0, 0.1) is 11.8 Å². The van der Waals surface area contributed by atoms with E-state index in [-0.39, 0.29) is 0 Å². The Morgan fingerprint density at radius 1 is 0.486 bits per heavy atom. The number of hydrogen-bond acceptors (Lipinski definition) is 2. The Bertz CT molecular complexity index is 464. The fraction of sp³-hybridized carbons (Fsp3) is 1.00. The van der Waals surface area contributed by atoms with Gasteiger partial charge in [-0.1, -0.05) is 144 Å². The molecule has 1 aliphatic heterocycles. The molecule has 222 valence electrons. The molecular weight excluding hydrogens is 448 g/mol. The second-order valence-electron chi connectivity index (χ2n) is 12.8. The Labute approximate surface area is 236 Å². The Balaban J connectivity index is 2.70. The van der Waals surface area contributed by atoms with Crippen molar-refractivity contribution in [3.63, 3.8) is 0 Å². The van der Waals surface area contributed by atoms with E-state index >= 15 is 0 Å². The Morgan fingerprint density at radius 3 is 1.32 bits per heavy atom. The van der Waals surface area contributed by atoms with Crippen molar-refractivity contribution in [1.29, 1.82) is 0 Å². The van der Waals surface area contributed by atoms with E-state index in [1.807, 2.05) is 0 Å². The van der Waals surface area contributed by atoms with Gasteiger partial charge in [-0.15, -0.1) is 0 Å². The van der Waals surface area contributed by atoms with Gasteiger partial charge in [0.2, 0.25) is 0 Å². The molecule has 0 aliphatic carbocycles. The minimum Gasteiger partial charge on any atom is -0.300 e. The van der Waals surface area contributed by atoms with Gasteiger partial charge in [0, 0.05) is 31.7 Å². The monoisotopic (exact) mass is 521 g/mol. The van der Waals surface area contributed by atoms with Crippen molar-refractivity contribution in [1.82, 2.24) is 9.80 Å². The van der Waals surface area contributed by atoms with Crippen molar-refractivity contribution >= 4 is 0 Å². The molecule has 2 heteroatoms. The average molecular weight is 521 g/mol. The van der Waals surface area contributed by atoms with Crippen molar-refractivity contribution in [3.8, 4) is 0 Å². The minimum atomic E-state index is 0.770. The quantitative estimate of drug-likeness (QED) is 0.110. The van der Waals surface area contributed by atoms with Gasteiger partial charge in [-0.3, -0.25) is 4.90 Å². The van der Waals surface area contributed by atoms with Crippen LogP contribution in [0.2, 0.25) is 0 Å². The van der Waals surface area contributed by atoms with Gasteiger partial charge in [0.25, 0.3) is 0 Å². The molecule has 0 aromatic carbocycles. The SMILES string of the molecule is CCCCCCC(CCCCC)CCN1C[C@@H](CC)N(CC(CCCCC)CCCCCC)[C@@H](CC)C1. The lowest BCUT2D eigenvalue weighted by molar-refractivity contribution is 0.00435. The number of hydrogen-bond donors (Lipinski definition) is 0. The summed E-state index contributed by atoms with van der Waals surface area (Å²) in [4.78, 5) is 5.90. The highest BCUT2D eigenvalue weighted by atomic mass is 15.3. The molecule has 1 heterocycles. The van der Waals surface area contributed by atoms with E-state index in [4.69, 9.17) is 0 Å². The number of rotatable bonds is 25. The van der Waals surface area contributed by atoms with Gasteiger partial charge in [-0.2, -0.15) is 0 Å². The second-order valence-corrected chi connectivity index (χ2v) is 12.8. The topological polar surface area (TPSA) is 6.48 Å². The fourth-order valence-electron chi connectivity index (χ4n) is 6.90. The molecule has 2 nitrogen and oxygen atoms in total. The van der Waals surface area contributed by atoms with Crippen molar-refractivity contribution in [2.75, 3.05) is 26.2 Å². The molecule has 0 amide bonds. The summed E-state index contributed by atoms with van der Waals surface area (Å²) >= 11 is 0. The summed E-state index contributed by atoms with van der Waals surface area (Å²) in [5.74, 6) is 1.89. The first kappa shape index (κ1) is 34.9. The summed E-state index contributed by atoms with van der Waals surface area (Å²) in [5, 5.41) is 0. The standard InChI is InChI=1S/C35H72N2/c1-7-13-17-21-24-32(23-19-15-9-3)27-28-36-30-34(11-5)37(35(12-6)31-36)29-33(25-20-16-10-4)26-22-18-14-8-2/h32-35H,7-31H2,1-6H3/t32?,33?,34-,35+. The van der Waals surface area contributed by atoms with Gasteiger partial charge in [0.05, 0.1) is 0 Å². The van der Waals surface area contributed by atoms with E-state index in [9.17, 15) is 0 Å². The summed E-state index contributed by atoms with van der Waals surface area (Å²) < 4.78 is 0. The zero-order valence-electron chi connectivity index (χ0n) is 26.9. The lowest BCUT2D eigenvalue weighted by Crippen LogP contribution is -2.59. The average Bonchev–Trinajstić information content (AvgIpc) is 2.91. The third kappa shape index (κ3) is 15.9. The third-order valence-corrected chi connectivity index (χ3v) is 9.50. The molecule has 1 saturated heterocycles. The molecule has 0 radical (unpaired) electrons. The number of nitrogens with zero attached hydrogens (tertiary/aromatic N) is 2. The smallest absolute Gasteiger partial charge is 0.0224 e. The highest BCUT2D eigenvalue weighted by Crippen LogP contribution is 2.28. The van der Waals surface area contributed by atoms with Crippen LogP contribution < -0.4 is 0 Å². The fourth-order valence-corrected chi connectivity index (χ4v) is 6.90. The number of unbranched alkanes of at least 4 members (excludes halogenated alkanes) is 10. The number of piperazine rings is 1. The van der Waals surface area contributed by atoms with Gasteiger partial charge in [-0.25, -0.2) is 0 Å². The first-order chi connectivity index (χ1) is 18.1. The van der Waals surface area contributed by atoms with E-state index in [0.717, 1.165) is 23.9 Å². The van der Waals surface area contributed by atoms with E-state index in [0.29, 0.717) is 0 Å². The summed E-state index contributed by atoms with van der Waals surface area (Å²) in [6.07, 6.45) is 29.8. The summed E-state index contributed by atoms with van der Waals surface area (Å²) in [7, 11) is 0. The highest BCUT2D eigenvalue weighted by molar-refractivity contribution is 4.89. The Hall–Kier alpha value is -0.0800. The van der Waals surface area contributed by atoms with Crippen LogP contribution in [0.4, 0.5) is 0 Å². The van der Waals surface area contributed by atoms with Crippen LogP contribution in [0.15, 0.2) is 0 Å². The molecule has 0 N–H and O–H groups in total. The molecule has 2 unspecified atom stereocenters. The van der Waals surface area contributed by atoms with Gasteiger partial charge < -0.3 is 4.90 Å². The van der Waals surface area contributed by atoms with Crippen LogP contribution >= 0.6 is 0 Å². The van der Waals surface area contributed by atoms with Gasteiger partial charge in [0.1, 0.15) is 0 Å². The molecule has 37 heavy (non-hydrogen) atoms. The molecule has 4 atom stereocenters. The lowest BCUT2D eigenvalue weighted by atomic mass is 9.90. The maximum atomic E-state index is 3.01. The van der Waals surface area contributed by atoms with Crippen LogP contribution in [-0.4, -0.2) is 48.1 Å². The predicted molar refractivity (Wildman–Crippen MR) is 169 cm³/mol. The van der Waals surface area contributed by atoms with Crippen LogP contribution in [0.25, 0.3) is 0 Å². The third-order valence-electron chi connectivity index (χ3n) is 9.50. The molecule has 0 aromatic heterocycles. The predicted octanol–water partition coefficient (Wildman–Crippen LogP) is 10.9. The summed E-state index contributed by atoms with van der Waals surface area (Å²) in [6, 6.07) is 1.54. The van der Waals surface area contributed by atoms with Crippen molar-refractivity contribution in [2.24, 2.45) is 11.8 Å². The van der Waals surface area contributed by atoms with Gasteiger partial charge in [0.15, 0.2) is 0 Å². The van der Waals surface area contributed by atoms with E-state index in [2.05, 4.69) is 51.3 Å². The zero-order valence-corrected chi connectivity index (χ0v) is 26.9. The van der Waals surface area contributed by atoms with Crippen LogP contribution in [0.3, 0.4) is 0 Å². The normalized spacial score (nSPS) is 20.9. The Kier molecular flexibility index (Phi) is 22.5. The van der Waals surface area contributed by atoms with E-state index in [1.165, 1.54) is 161 Å². The first-order valence-corrected chi connectivity index (χ1v) is 17.6. The van der Waals surface area contributed by atoms with Crippen LogP contribution in [-0.2, 0) is 0 Å². The summed E-state index contributed by atoms with van der Waals surface area (Å²) in [5.41, 5.74) is 0. The van der Waals surface area contributed by atoms with Crippen molar-refractivity contribution in [2.45, 2.75) is 188 Å². The van der Waals surface area contributed by atoms with Crippen molar-refractivity contribution in [3.05, 3.63) is 0 Å². The lowest BCUT2D eigenvalue weighted by Gasteiger charge is -2.48. The molecule has 0 saturated carbocycles. The summed E-state index contributed by atoms with van der Waals surface area (Å²) in [6.45, 7) is 19.7. The van der Waals surface area contributed by atoms with Crippen LogP contribution in [0.5, 0.6) is 0 Å². The first-order valence-electron chi connectivity index (χ1n) is 17.6. The van der Waals surface area contributed by atoms with Gasteiger partial charge in [-0.05, 0) is 50.5 Å². The maximum Gasteiger partial charge on any atom is 0.0224 e.